The zero-order valence-electron chi connectivity index (χ0n) is 21.2. The van der Waals surface area contributed by atoms with Crippen molar-refractivity contribution in [3.63, 3.8) is 0 Å². The minimum Gasteiger partial charge on any atom is -0.488 e. The van der Waals surface area contributed by atoms with Crippen LogP contribution in [0.2, 0.25) is 0 Å². The van der Waals surface area contributed by atoms with Gasteiger partial charge in [-0.15, -0.1) is 0 Å². The second-order valence-corrected chi connectivity index (χ2v) is 8.73. The van der Waals surface area contributed by atoms with Gasteiger partial charge in [-0.25, -0.2) is 0 Å². The van der Waals surface area contributed by atoms with Gasteiger partial charge in [0, 0.05) is 18.7 Å². The number of amides is 1. The molecule has 0 aliphatic heterocycles. The fourth-order valence-electron chi connectivity index (χ4n) is 3.74. The van der Waals surface area contributed by atoms with E-state index >= 15 is 0 Å². The summed E-state index contributed by atoms with van der Waals surface area (Å²) in [5, 5.41) is 3.00. The Labute approximate surface area is 219 Å². The van der Waals surface area contributed by atoms with E-state index in [0.717, 1.165) is 29.5 Å². The van der Waals surface area contributed by atoms with Crippen molar-refractivity contribution in [2.75, 3.05) is 6.54 Å². The molecule has 4 rings (SSSR count). The quantitative estimate of drug-likeness (QED) is 0.204. The van der Waals surface area contributed by atoms with Crippen molar-refractivity contribution in [2.24, 2.45) is 0 Å². The van der Waals surface area contributed by atoms with Crippen LogP contribution in [-0.2, 0) is 19.8 Å². The maximum atomic E-state index is 13.2. The number of carbonyl (C=O) groups excluding carboxylic acids is 1. The van der Waals surface area contributed by atoms with Gasteiger partial charge in [0.1, 0.15) is 25.6 Å². The second kappa shape index (κ2) is 13.7. The van der Waals surface area contributed by atoms with Crippen LogP contribution in [0.1, 0.15) is 46.8 Å². The van der Waals surface area contributed by atoms with Crippen molar-refractivity contribution >= 4 is 5.91 Å². The lowest BCUT2D eigenvalue weighted by atomic mass is 10.1. The summed E-state index contributed by atoms with van der Waals surface area (Å²) < 4.78 is 18.6. The molecular weight excluding hydrogens is 462 g/mol. The lowest BCUT2D eigenvalue weighted by molar-refractivity contribution is 0.0947. The number of unbranched alkanes of at least 4 members (excludes halogenated alkanes) is 1. The highest BCUT2D eigenvalue weighted by molar-refractivity contribution is 5.97. The topological polar surface area (TPSA) is 56.8 Å². The Morgan fingerprint density at radius 2 is 1.05 bits per heavy atom. The first-order valence-electron chi connectivity index (χ1n) is 12.7. The summed E-state index contributed by atoms with van der Waals surface area (Å²) in [5.41, 5.74) is 3.48. The van der Waals surface area contributed by atoms with Gasteiger partial charge in [0.15, 0.2) is 11.5 Å². The van der Waals surface area contributed by atoms with E-state index in [2.05, 4.69) is 12.2 Å². The monoisotopic (exact) mass is 495 g/mol. The predicted molar refractivity (Wildman–Crippen MR) is 146 cm³/mol. The fraction of sp³-hybridized carbons (Fsp3) is 0.219. The first-order valence-corrected chi connectivity index (χ1v) is 12.7. The molecule has 0 aliphatic rings. The van der Waals surface area contributed by atoms with Gasteiger partial charge < -0.3 is 19.5 Å². The van der Waals surface area contributed by atoms with Crippen molar-refractivity contribution in [1.82, 2.24) is 5.32 Å². The van der Waals surface area contributed by atoms with E-state index in [4.69, 9.17) is 14.2 Å². The molecule has 0 radical (unpaired) electrons. The SMILES string of the molecule is CCCCNC(=O)c1cc(OCc2ccccc2)c(OCc2ccccc2)cc1OCc1ccccc1. The van der Waals surface area contributed by atoms with Gasteiger partial charge in [-0.2, -0.15) is 0 Å². The van der Waals surface area contributed by atoms with Gasteiger partial charge in [-0.1, -0.05) is 104 Å². The summed E-state index contributed by atoms with van der Waals surface area (Å²) in [6, 6.07) is 33.2. The third-order valence-corrected chi connectivity index (χ3v) is 5.82. The fourth-order valence-corrected chi connectivity index (χ4v) is 3.74. The van der Waals surface area contributed by atoms with Gasteiger partial charge in [-0.05, 0) is 23.1 Å². The minimum absolute atomic E-state index is 0.198. The Kier molecular flexibility index (Phi) is 9.59. The molecule has 0 spiro atoms. The molecule has 4 aromatic carbocycles. The number of carbonyl (C=O) groups is 1. The summed E-state index contributed by atoms with van der Waals surface area (Å²) in [5.74, 6) is 1.27. The summed E-state index contributed by atoms with van der Waals surface area (Å²) in [4.78, 5) is 13.2. The standard InChI is InChI=1S/C32H33NO4/c1-2-3-19-33-32(34)28-20-30(36-23-26-15-9-5-10-16-26)31(37-24-27-17-11-6-12-18-27)21-29(28)35-22-25-13-7-4-8-14-25/h4-18,20-21H,2-3,19,22-24H2,1H3,(H,33,34). The molecule has 5 heteroatoms. The molecule has 0 bridgehead atoms. The highest BCUT2D eigenvalue weighted by Crippen LogP contribution is 2.37. The molecule has 0 saturated heterocycles. The Balaban J connectivity index is 1.64. The maximum absolute atomic E-state index is 13.2. The van der Waals surface area contributed by atoms with Gasteiger partial charge in [0.05, 0.1) is 5.56 Å². The number of hydrogen-bond acceptors (Lipinski definition) is 4. The van der Waals surface area contributed by atoms with Gasteiger partial charge in [0.25, 0.3) is 5.91 Å². The van der Waals surface area contributed by atoms with E-state index in [1.807, 2.05) is 91.0 Å². The van der Waals surface area contributed by atoms with Gasteiger partial charge in [0.2, 0.25) is 0 Å². The number of ether oxygens (including phenoxy) is 3. The first kappa shape index (κ1) is 25.8. The van der Waals surface area contributed by atoms with E-state index < -0.39 is 0 Å². The molecule has 0 fully saturated rings. The Bertz CT molecular complexity index is 1240. The average Bonchev–Trinajstić information content (AvgIpc) is 2.95. The van der Waals surface area contributed by atoms with Crippen molar-refractivity contribution < 1.29 is 19.0 Å². The second-order valence-electron chi connectivity index (χ2n) is 8.73. The van der Waals surface area contributed by atoms with Crippen LogP contribution >= 0.6 is 0 Å². The highest BCUT2D eigenvalue weighted by Gasteiger charge is 2.19. The Morgan fingerprint density at radius 1 is 0.622 bits per heavy atom. The van der Waals surface area contributed by atoms with Crippen molar-refractivity contribution in [1.29, 1.82) is 0 Å². The lowest BCUT2D eigenvalue weighted by Gasteiger charge is -2.18. The van der Waals surface area contributed by atoms with Crippen LogP contribution in [0, 0.1) is 0 Å². The number of benzene rings is 4. The summed E-state index contributed by atoms with van der Waals surface area (Å²) in [6.45, 7) is 3.74. The summed E-state index contributed by atoms with van der Waals surface area (Å²) in [6.07, 6.45) is 1.90. The molecule has 5 nitrogen and oxygen atoms in total. The molecule has 1 amide bonds. The Morgan fingerprint density at radius 3 is 1.51 bits per heavy atom. The van der Waals surface area contributed by atoms with Crippen LogP contribution in [-0.4, -0.2) is 12.5 Å². The molecule has 4 aromatic rings. The molecule has 0 atom stereocenters. The van der Waals surface area contributed by atoms with Crippen LogP contribution in [0.4, 0.5) is 0 Å². The molecular formula is C32H33NO4. The van der Waals surface area contributed by atoms with E-state index in [-0.39, 0.29) is 5.91 Å². The van der Waals surface area contributed by atoms with E-state index in [1.54, 1.807) is 12.1 Å². The van der Waals surface area contributed by atoms with Gasteiger partial charge in [-0.3, -0.25) is 4.79 Å². The van der Waals surface area contributed by atoms with Crippen LogP contribution in [0.5, 0.6) is 17.2 Å². The largest absolute Gasteiger partial charge is 0.488 e. The molecule has 0 aliphatic carbocycles. The third kappa shape index (κ3) is 7.87. The number of nitrogens with one attached hydrogen (secondary N) is 1. The zero-order valence-corrected chi connectivity index (χ0v) is 21.2. The highest BCUT2D eigenvalue weighted by atomic mass is 16.5. The first-order chi connectivity index (χ1) is 18.2. The van der Waals surface area contributed by atoms with Crippen molar-refractivity contribution in [2.45, 2.75) is 39.6 Å². The number of hydrogen-bond donors (Lipinski definition) is 1. The molecule has 0 saturated carbocycles. The minimum atomic E-state index is -0.198. The maximum Gasteiger partial charge on any atom is 0.255 e. The number of rotatable bonds is 13. The Hall–Kier alpha value is -4.25. The zero-order chi connectivity index (χ0) is 25.7. The average molecular weight is 496 g/mol. The van der Waals surface area contributed by atoms with Crippen LogP contribution in [0.15, 0.2) is 103 Å². The summed E-state index contributed by atoms with van der Waals surface area (Å²) in [7, 11) is 0. The molecule has 190 valence electrons. The van der Waals surface area contributed by atoms with Gasteiger partial charge >= 0.3 is 0 Å². The lowest BCUT2D eigenvalue weighted by Crippen LogP contribution is -2.25. The molecule has 0 heterocycles. The third-order valence-electron chi connectivity index (χ3n) is 5.82. The normalized spacial score (nSPS) is 10.5. The molecule has 0 aromatic heterocycles. The van der Waals surface area contributed by atoms with Crippen LogP contribution in [0.3, 0.4) is 0 Å². The van der Waals surface area contributed by atoms with Crippen LogP contribution < -0.4 is 19.5 Å². The van der Waals surface area contributed by atoms with E-state index in [1.165, 1.54) is 0 Å². The smallest absolute Gasteiger partial charge is 0.255 e. The van der Waals surface area contributed by atoms with E-state index in [9.17, 15) is 4.79 Å². The summed E-state index contributed by atoms with van der Waals surface area (Å²) >= 11 is 0. The van der Waals surface area contributed by atoms with Crippen molar-refractivity contribution in [3.8, 4) is 17.2 Å². The van der Waals surface area contributed by atoms with Crippen molar-refractivity contribution in [3.05, 3.63) is 125 Å². The molecule has 37 heavy (non-hydrogen) atoms. The predicted octanol–water partition coefficient (Wildman–Crippen LogP) is 6.95. The molecule has 0 unspecified atom stereocenters. The molecule has 1 N–H and O–H groups in total. The van der Waals surface area contributed by atoms with Crippen LogP contribution in [0.25, 0.3) is 0 Å². The van der Waals surface area contributed by atoms with E-state index in [0.29, 0.717) is 49.2 Å².